The summed E-state index contributed by atoms with van der Waals surface area (Å²) in [4.78, 5) is 13.8. The molecule has 150 valence electrons. The van der Waals surface area contributed by atoms with E-state index in [1.807, 2.05) is 0 Å². The second-order valence-corrected chi connectivity index (χ2v) is 8.04. The van der Waals surface area contributed by atoms with Gasteiger partial charge >= 0.3 is 12.1 Å². The zero-order valence-corrected chi connectivity index (χ0v) is 15.7. The smallest absolute Gasteiger partial charge is 0.416 e. The van der Waals surface area contributed by atoms with Crippen molar-refractivity contribution in [3.8, 4) is 0 Å². The number of anilines is 1. The van der Waals surface area contributed by atoms with Gasteiger partial charge in [0, 0.05) is 12.2 Å². The number of hydrogen-bond donors (Lipinski definition) is 1. The van der Waals surface area contributed by atoms with E-state index in [0.717, 1.165) is 37.3 Å². The molecule has 0 bridgehead atoms. The number of halogens is 3. The van der Waals surface area contributed by atoms with Crippen LogP contribution in [0.4, 0.5) is 18.9 Å². The summed E-state index contributed by atoms with van der Waals surface area (Å²) in [7, 11) is 0. The molecule has 0 amide bonds. The van der Waals surface area contributed by atoms with Crippen molar-refractivity contribution in [1.82, 2.24) is 0 Å². The second-order valence-electron chi connectivity index (χ2n) is 8.04. The molecule has 1 saturated carbocycles. The largest absolute Gasteiger partial charge is 0.480 e. The molecule has 27 heavy (non-hydrogen) atoms. The Labute approximate surface area is 158 Å². The average Bonchev–Trinajstić information content (AvgIpc) is 3.07. The highest BCUT2D eigenvalue weighted by atomic mass is 19.4. The lowest BCUT2D eigenvalue weighted by atomic mass is 9.72. The van der Waals surface area contributed by atoms with E-state index in [2.05, 4.69) is 6.92 Å². The Morgan fingerprint density at radius 3 is 2.26 bits per heavy atom. The predicted octanol–water partition coefficient (Wildman–Crippen LogP) is 5.59. The third kappa shape index (κ3) is 4.41. The minimum atomic E-state index is -4.38. The van der Waals surface area contributed by atoms with Gasteiger partial charge in [0.25, 0.3) is 0 Å². The summed E-state index contributed by atoms with van der Waals surface area (Å²) < 4.78 is 38.4. The van der Waals surface area contributed by atoms with Crippen LogP contribution in [-0.4, -0.2) is 23.7 Å². The zero-order valence-electron chi connectivity index (χ0n) is 15.7. The number of nitrogens with zero attached hydrogens (tertiary/aromatic N) is 1. The van der Waals surface area contributed by atoms with E-state index in [0.29, 0.717) is 18.2 Å². The van der Waals surface area contributed by atoms with Crippen molar-refractivity contribution in [3.63, 3.8) is 0 Å². The lowest BCUT2D eigenvalue weighted by Gasteiger charge is -2.35. The quantitative estimate of drug-likeness (QED) is 0.720. The van der Waals surface area contributed by atoms with Gasteiger partial charge in [-0.1, -0.05) is 32.6 Å². The van der Waals surface area contributed by atoms with Gasteiger partial charge in [0.1, 0.15) is 6.04 Å². The first-order chi connectivity index (χ1) is 12.8. The second kappa shape index (κ2) is 8.11. The molecule has 2 fully saturated rings. The van der Waals surface area contributed by atoms with Crippen LogP contribution in [0.1, 0.15) is 57.4 Å². The maximum atomic E-state index is 12.8. The van der Waals surface area contributed by atoms with Crippen LogP contribution in [0.15, 0.2) is 24.3 Å². The summed E-state index contributed by atoms with van der Waals surface area (Å²) in [5.41, 5.74) is -0.138. The molecule has 2 aliphatic rings. The van der Waals surface area contributed by atoms with Gasteiger partial charge in [-0.25, -0.2) is 4.79 Å². The Morgan fingerprint density at radius 1 is 1.11 bits per heavy atom. The number of carbonyl (C=O) groups is 1. The number of hydrogen-bond acceptors (Lipinski definition) is 2. The highest BCUT2D eigenvalue weighted by molar-refractivity contribution is 5.79. The molecule has 1 aromatic rings. The van der Waals surface area contributed by atoms with Crippen molar-refractivity contribution in [2.24, 2.45) is 17.8 Å². The first-order valence-electron chi connectivity index (χ1n) is 9.98. The molecular formula is C21H28F3NO2. The molecule has 6 heteroatoms. The average molecular weight is 383 g/mol. The third-order valence-electron chi connectivity index (χ3n) is 6.42. The molecule has 1 saturated heterocycles. The van der Waals surface area contributed by atoms with Gasteiger partial charge in [0.2, 0.25) is 0 Å². The van der Waals surface area contributed by atoms with Gasteiger partial charge in [-0.05, 0) is 61.3 Å². The van der Waals surface area contributed by atoms with Crippen molar-refractivity contribution >= 4 is 11.7 Å². The maximum absolute atomic E-state index is 12.8. The SMILES string of the molecule is CCCC1CCC([C@H]2CCN(c3ccc(C(F)(F)F)cc3)[C@@H]2C(=O)O)CC1. The minimum Gasteiger partial charge on any atom is -0.480 e. The van der Waals surface area contributed by atoms with Crippen LogP contribution in [0.25, 0.3) is 0 Å². The molecule has 1 aliphatic heterocycles. The molecule has 0 spiro atoms. The molecule has 3 nitrogen and oxygen atoms in total. The van der Waals surface area contributed by atoms with Gasteiger partial charge < -0.3 is 10.0 Å². The minimum absolute atomic E-state index is 0.0763. The maximum Gasteiger partial charge on any atom is 0.416 e. The highest BCUT2D eigenvalue weighted by Gasteiger charge is 2.44. The van der Waals surface area contributed by atoms with E-state index >= 15 is 0 Å². The van der Waals surface area contributed by atoms with Crippen LogP contribution < -0.4 is 4.90 Å². The van der Waals surface area contributed by atoms with Crippen LogP contribution in [0, 0.1) is 17.8 Å². The van der Waals surface area contributed by atoms with Crippen molar-refractivity contribution in [2.45, 2.75) is 64.1 Å². The van der Waals surface area contributed by atoms with Crippen LogP contribution in [0.2, 0.25) is 0 Å². The Morgan fingerprint density at radius 2 is 1.74 bits per heavy atom. The Kier molecular flexibility index (Phi) is 6.02. The van der Waals surface area contributed by atoms with Gasteiger partial charge in [0.05, 0.1) is 5.56 Å². The Balaban J connectivity index is 1.72. The zero-order chi connectivity index (χ0) is 19.6. The van der Waals surface area contributed by atoms with Crippen molar-refractivity contribution in [2.75, 3.05) is 11.4 Å². The summed E-state index contributed by atoms with van der Waals surface area (Å²) in [6, 6.07) is 4.24. The molecule has 1 aliphatic carbocycles. The van der Waals surface area contributed by atoms with Crippen LogP contribution in [0.5, 0.6) is 0 Å². The van der Waals surface area contributed by atoms with Crippen molar-refractivity contribution in [3.05, 3.63) is 29.8 Å². The molecule has 3 rings (SSSR count). The van der Waals surface area contributed by atoms with Gasteiger partial charge in [0.15, 0.2) is 0 Å². The molecular weight excluding hydrogens is 355 g/mol. The number of carboxylic acids is 1. The molecule has 1 heterocycles. The summed E-state index contributed by atoms with van der Waals surface area (Å²) in [5, 5.41) is 9.84. The molecule has 0 radical (unpaired) electrons. The van der Waals surface area contributed by atoms with E-state index < -0.39 is 23.8 Å². The number of rotatable bonds is 5. The van der Waals surface area contributed by atoms with E-state index in [-0.39, 0.29) is 5.92 Å². The van der Waals surface area contributed by atoms with E-state index in [1.54, 1.807) is 4.90 Å². The van der Waals surface area contributed by atoms with Crippen molar-refractivity contribution in [1.29, 1.82) is 0 Å². The Hall–Kier alpha value is -1.72. The number of alkyl halides is 3. The molecule has 2 atom stereocenters. The standard InChI is InChI=1S/C21H28F3NO2/c1-2-3-14-4-6-15(7-5-14)18-12-13-25(19(18)20(26)27)17-10-8-16(9-11-17)21(22,23)24/h8-11,14-15,18-19H,2-7,12-13H2,1H3,(H,26,27)/t14?,15?,18-,19+/m1/s1. The molecule has 0 unspecified atom stereocenters. The first-order valence-corrected chi connectivity index (χ1v) is 9.98. The topological polar surface area (TPSA) is 40.5 Å². The molecule has 1 aromatic carbocycles. The normalized spacial score (nSPS) is 29.1. The van der Waals surface area contributed by atoms with Crippen LogP contribution >= 0.6 is 0 Å². The predicted molar refractivity (Wildman–Crippen MR) is 98.7 cm³/mol. The molecule has 1 N–H and O–H groups in total. The lowest BCUT2D eigenvalue weighted by molar-refractivity contribution is -0.140. The first kappa shape index (κ1) is 20.0. The van der Waals surface area contributed by atoms with Gasteiger partial charge in [-0.3, -0.25) is 0 Å². The Bertz CT molecular complexity index is 636. The monoisotopic (exact) mass is 383 g/mol. The highest BCUT2D eigenvalue weighted by Crippen LogP contribution is 2.43. The number of benzene rings is 1. The summed E-state index contributed by atoms with van der Waals surface area (Å²) in [6.07, 6.45) is 3.33. The van der Waals surface area contributed by atoms with E-state index in [4.69, 9.17) is 0 Å². The van der Waals surface area contributed by atoms with E-state index in [9.17, 15) is 23.1 Å². The van der Waals surface area contributed by atoms with Crippen LogP contribution in [-0.2, 0) is 11.0 Å². The third-order valence-corrected chi connectivity index (χ3v) is 6.42. The fourth-order valence-corrected chi connectivity index (χ4v) is 5.07. The van der Waals surface area contributed by atoms with E-state index in [1.165, 1.54) is 37.8 Å². The summed E-state index contributed by atoms with van der Waals surface area (Å²) in [6.45, 7) is 2.79. The summed E-state index contributed by atoms with van der Waals surface area (Å²) in [5.74, 6) is 0.376. The molecule has 0 aromatic heterocycles. The van der Waals surface area contributed by atoms with Crippen LogP contribution in [0.3, 0.4) is 0 Å². The fourth-order valence-electron chi connectivity index (χ4n) is 5.07. The lowest BCUT2D eigenvalue weighted by Crippen LogP contribution is -2.42. The van der Waals surface area contributed by atoms with Gasteiger partial charge in [-0.2, -0.15) is 13.2 Å². The number of aliphatic carboxylic acids is 1. The fraction of sp³-hybridized carbons (Fsp3) is 0.667. The number of carboxylic acid groups (broad SMARTS) is 1. The van der Waals surface area contributed by atoms with Crippen molar-refractivity contribution < 1.29 is 23.1 Å². The summed E-state index contributed by atoms with van der Waals surface area (Å²) >= 11 is 0. The van der Waals surface area contributed by atoms with Gasteiger partial charge in [-0.15, -0.1) is 0 Å².